The molecule has 2 N–H and O–H groups in total. The molecular formula is C22H32IN5O2. The standard InChI is InChI=1S/C22H31N5O2.HI/c1-23-22(26-12-7-6-11-25-21-8-4-5-10-24-21)27-13-9-17-14-19(28-2)20(29-3)15-18(17)16-27;/h4-5,8,10,14-15H,6-7,9,11-13,16H2,1-3H3,(H,23,26)(H,24,25);1H. The Bertz CT molecular complexity index is 817. The Morgan fingerprint density at radius 3 is 2.50 bits per heavy atom. The summed E-state index contributed by atoms with van der Waals surface area (Å²) in [7, 11) is 5.19. The van der Waals surface area contributed by atoms with E-state index in [1.807, 2.05) is 25.2 Å². The molecule has 0 unspecified atom stereocenters. The average Bonchev–Trinajstić information content (AvgIpc) is 2.78. The zero-order valence-corrected chi connectivity index (χ0v) is 20.3. The topological polar surface area (TPSA) is 71.0 Å². The Kier molecular flexibility index (Phi) is 9.99. The Balaban J connectivity index is 0.00000320. The summed E-state index contributed by atoms with van der Waals surface area (Å²) in [6, 6.07) is 10.1. The van der Waals surface area contributed by atoms with Crippen LogP contribution in [0.15, 0.2) is 41.5 Å². The molecule has 8 heteroatoms. The number of rotatable bonds is 8. The van der Waals surface area contributed by atoms with E-state index in [1.54, 1.807) is 20.4 Å². The Hall–Kier alpha value is -2.23. The molecule has 1 aromatic heterocycles. The molecular weight excluding hydrogens is 493 g/mol. The van der Waals surface area contributed by atoms with E-state index in [0.717, 1.165) is 68.7 Å². The van der Waals surface area contributed by atoms with E-state index in [4.69, 9.17) is 9.47 Å². The average molecular weight is 525 g/mol. The molecule has 7 nitrogen and oxygen atoms in total. The number of methoxy groups -OCH3 is 2. The number of halogens is 1. The van der Waals surface area contributed by atoms with Gasteiger partial charge in [-0.15, -0.1) is 24.0 Å². The third-order valence-electron chi connectivity index (χ3n) is 5.09. The van der Waals surface area contributed by atoms with E-state index >= 15 is 0 Å². The second kappa shape index (κ2) is 12.5. The molecule has 0 spiro atoms. The van der Waals surface area contributed by atoms with Crippen molar-refractivity contribution in [3.05, 3.63) is 47.7 Å². The van der Waals surface area contributed by atoms with E-state index in [1.165, 1.54) is 11.1 Å². The van der Waals surface area contributed by atoms with Gasteiger partial charge < -0.3 is 25.0 Å². The molecule has 1 aliphatic rings. The zero-order chi connectivity index (χ0) is 20.5. The molecule has 30 heavy (non-hydrogen) atoms. The highest BCUT2D eigenvalue weighted by Gasteiger charge is 2.21. The second-order valence-electron chi connectivity index (χ2n) is 6.97. The number of aromatic nitrogens is 1. The highest BCUT2D eigenvalue weighted by Crippen LogP contribution is 2.33. The molecule has 0 saturated carbocycles. The fourth-order valence-corrected chi connectivity index (χ4v) is 3.53. The van der Waals surface area contributed by atoms with Crippen LogP contribution in [0.3, 0.4) is 0 Å². The smallest absolute Gasteiger partial charge is 0.193 e. The maximum absolute atomic E-state index is 5.46. The summed E-state index contributed by atoms with van der Waals surface area (Å²) in [6.45, 7) is 3.56. The van der Waals surface area contributed by atoms with Crippen molar-refractivity contribution in [2.75, 3.05) is 46.2 Å². The first-order chi connectivity index (χ1) is 14.2. The molecule has 0 fully saturated rings. The van der Waals surface area contributed by atoms with Gasteiger partial charge >= 0.3 is 0 Å². The van der Waals surface area contributed by atoms with E-state index in [-0.39, 0.29) is 24.0 Å². The monoisotopic (exact) mass is 525 g/mol. The lowest BCUT2D eigenvalue weighted by Crippen LogP contribution is -2.44. The SMILES string of the molecule is CN=C(NCCCCNc1ccccn1)N1CCc2cc(OC)c(OC)cc2C1.I. The summed E-state index contributed by atoms with van der Waals surface area (Å²) >= 11 is 0. The number of nitrogens with one attached hydrogen (secondary N) is 2. The van der Waals surface area contributed by atoms with Gasteiger partial charge in [-0.3, -0.25) is 4.99 Å². The van der Waals surface area contributed by atoms with Gasteiger partial charge in [-0.2, -0.15) is 0 Å². The number of benzene rings is 1. The number of anilines is 1. The summed E-state index contributed by atoms with van der Waals surface area (Å²) in [5.74, 6) is 3.44. The van der Waals surface area contributed by atoms with Crippen LogP contribution >= 0.6 is 24.0 Å². The number of unbranched alkanes of at least 4 members (excludes halogenated alkanes) is 1. The first kappa shape index (κ1) is 24.0. The van der Waals surface area contributed by atoms with Crippen LogP contribution in [0.25, 0.3) is 0 Å². The summed E-state index contributed by atoms with van der Waals surface area (Å²) in [5.41, 5.74) is 2.58. The summed E-state index contributed by atoms with van der Waals surface area (Å²) in [6.07, 6.45) is 4.90. The van der Waals surface area contributed by atoms with Crippen molar-refractivity contribution in [3.8, 4) is 11.5 Å². The van der Waals surface area contributed by atoms with Gasteiger partial charge in [-0.05, 0) is 54.7 Å². The summed E-state index contributed by atoms with van der Waals surface area (Å²) < 4.78 is 10.9. The van der Waals surface area contributed by atoms with Gasteiger partial charge in [0.2, 0.25) is 0 Å². The van der Waals surface area contributed by atoms with Crippen LogP contribution in [0.1, 0.15) is 24.0 Å². The van der Waals surface area contributed by atoms with Crippen LogP contribution in [0.2, 0.25) is 0 Å². The number of hydrogen-bond acceptors (Lipinski definition) is 5. The van der Waals surface area contributed by atoms with E-state index in [0.29, 0.717) is 0 Å². The molecule has 0 bridgehead atoms. The van der Waals surface area contributed by atoms with Crippen molar-refractivity contribution in [1.82, 2.24) is 15.2 Å². The highest BCUT2D eigenvalue weighted by molar-refractivity contribution is 14.0. The maximum atomic E-state index is 5.46. The Morgan fingerprint density at radius 2 is 1.83 bits per heavy atom. The first-order valence-corrected chi connectivity index (χ1v) is 10.1. The molecule has 0 amide bonds. The van der Waals surface area contributed by atoms with Gasteiger partial charge in [0.05, 0.1) is 14.2 Å². The maximum Gasteiger partial charge on any atom is 0.193 e. The van der Waals surface area contributed by atoms with Crippen molar-refractivity contribution in [1.29, 1.82) is 0 Å². The molecule has 0 atom stereocenters. The van der Waals surface area contributed by atoms with Crippen molar-refractivity contribution in [3.63, 3.8) is 0 Å². The molecule has 164 valence electrons. The predicted molar refractivity (Wildman–Crippen MR) is 132 cm³/mol. The normalized spacial score (nSPS) is 13.2. The molecule has 2 aromatic rings. The lowest BCUT2D eigenvalue weighted by molar-refractivity contribution is 0.346. The van der Waals surface area contributed by atoms with Crippen molar-refractivity contribution >= 4 is 35.8 Å². The minimum atomic E-state index is 0. The number of ether oxygens (including phenoxy) is 2. The zero-order valence-electron chi connectivity index (χ0n) is 18.0. The van der Waals surface area contributed by atoms with E-state index in [9.17, 15) is 0 Å². The van der Waals surface area contributed by atoms with Crippen LogP contribution in [0.4, 0.5) is 5.82 Å². The summed E-state index contributed by atoms with van der Waals surface area (Å²) in [5, 5.41) is 6.84. The van der Waals surface area contributed by atoms with Gasteiger partial charge in [-0.1, -0.05) is 6.07 Å². The fourth-order valence-electron chi connectivity index (χ4n) is 3.53. The van der Waals surface area contributed by atoms with Crippen LogP contribution in [0.5, 0.6) is 11.5 Å². The van der Waals surface area contributed by atoms with E-state index in [2.05, 4.69) is 37.6 Å². The van der Waals surface area contributed by atoms with Gasteiger partial charge in [-0.25, -0.2) is 4.98 Å². The van der Waals surface area contributed by atoms with Crippen molar-refractivity contribution < 1.29 is 9.47 Å². The molecule has 3 rings (SSSR count). The number of pyridine rings is 1. The third-order valence-corrected chi connectivity index (χ3v) is 5.09. The van der Waals surface area contributed by atoms with Gasteiger partial charge in [0.1, 0.15) is 5.82 Å². The Morgan fingerprint density at radius 1 is 1.10 bits per heavy atom. The molecule has 0 saturated heterocycles. The minimum absolute atomic E-state index is 0. The second-order valence-corrected chi connectivity index (χ2v) is 6.97. The fraction of sp³-hybridized carbons (Fsp3) is 0.455. The van der Waals surface area contributed by atoms with E-state index < -0.39 is 0 Å². The van der Waals surface area contributed by atoms with Crippen LogP contribution in [-0.4, -0.2) is 56.7 Å². The van der Waals surface area contributed by atoms with Crippen LogP contribution in [-0.2, 0) is 13.0 Å². The van der Waals surface area contributed by atoms with Gasteiger partial charge in [0.15, 0.2) is 17.5 Å². The largest absolute Gasteiger partial charge is 0.493 e. The Labute approximate surface area is 196 Å². The first-order valence-electron chi connectivity index (χ1n) is 10.1. The summed E-state index contributed by atoms with van der Waals surface area (Å²) in [4.78, 5) is 11.0. The molecule has 1 aliphatic heterocycles. The van der Waals surface area contributed by atoms with Crippen molar-refractivity contribution in [2.24, 2.45) is 4.99 Å². The number of guanidine groups is 1. The van der Waals surface area contributed by atoms with Crippen LogP contribution < -0.4 is 20.1 Å². The number of nitrogens with zero attached hydrogens (tertiary/aromatic N) is 3. The number of hydrogen-bond donors (Lipinski definition) is 2. The minimum Gasteiger partial charge on any atom is -0.493 e. The highest BCUT2D eigenvalue weighted by atomic mass is 127. The van der Waals surface area contributed by atoms with Gasteiger partial charge in [0.25, 0.3) is 0 Å². The number of aliphatic imine (C=N–C) groups is 1. The molecule has 0 radical (unpaired) electrons. The molecule has 2 heterocycles. The van der Waals surface area contributed by atoms with Crippen molar-refractivity contribution in [2.45, 2.75) is 25.8 Å². The molecule has 0 aliphatic carbocycles. The lowest BCUT2D eigenvalue weighted by Gasteiger charge is -2.32. The third kappa shape index (κ3) is 6.38. The number of fused-ring (bicyclic) bond motifs is 1. The lowest BCUT2D eigenvalue weighted by atomic mass is 9.99. The molecule has 1 aromatic carbocycles. The quantitative estimate of drug-likeness (QED) is 0.238. The van der Waals surface area contributed by atoms with Gasteiger partial charge in [0, 0.05) is 39.4 Å². The predicted octanol–water partition coefficient (Wildman–Crippen LogP) is 3.54. The van der Waals surface area contributed by atoms with Crippen LogP contribution in [0, 0.1) is 0 Å².